The fourth-order valence-electron chi connectivity index (χ4n) is 3.99. The Labute approximate surface area is 104 Å². The van der Waals surface area contributed by atoms with E-state index in [2.05, 4.69) is 17.6 Å². The lowest BCUT2D eigenvalue weighted by atomic mass is 9.85. The largest absolute Gasteiger partial charge is 0.353 e. The van der Waals surface area contributed by atoms with Gasteiger partial charge < -0.3 is 10.6 Å². The van der Waals surface area contributed by atoms with Crippen LogP contribution in [-0.4, -0.2) is 24.0 Å². The summed E-state index contributed by atoms with van der Waals surface area (Å²) in [4.78, 5) is 12.3. The van der Waals surface area contributed by atoms with Gasteiger partial charge in [-0.1, -0.05) is 19.8 Å². The molecule has 0 aromatic heterocycles. The molecule has 3 rings (SSSR count). The van der Waals surface area contributed by atoms with Crippen molar-refractivity contribution in [3.63, 3.8) is 0 Å². The lowest BCUT2D eigenvalue weighted by molar-refractivity contribution is -0.126. The van der Waals surface area contributed by atoms with Gasteiger partial charge in [0.15, 0.2) is 0 Å². The van der Waals surface area contributed by atoms with E-state index in [1.165, 1.54) is 38.5 Å². The average Bonchev–Trinajstić information content (AvgIpc) is 2.90. The predicted molar refractivity (Wildman–Crippen MR) is 67.6 cm³/mol. The van der Waals surface area contributed by atoms with Gasteiger partial charge in [-0.05, 0) is 38.0 Å². The van der Waals surface area contributed by atoms with E-state index in [-0.39, 0.29) is 5.92 Å². The van der Waals surface area contributed by atoms with Crippen LogP contribution in [0.5, 0.6) is 0 Å². The summed E-state index contributed by atoms with van der Waals surface area (Å²) in [6.07, 6.45) is 8.52. The second-order valence-electron chi connectivity index (χ2n) is 6.37. The van der Waals surface area contributed by atoms with E-state index in [0.717, 1.165) is 12.3 Å². The molecule has 3 aliphatic rings. The van der Waals surface area contributed by atoms with Crippen LogP contribution >= 0.6 is 0 Å². The first kappa shape index (κ1) is 11.5. The molecule has 3 heteroatoms. The third-order valence-electron chi connectivity index (χ3n) is 4.92. The van der Waals surface area contributed by atoms with Crippen LogP contribution in [0.1, 0.15) is 51.9 Å². The zero-order valence-corrected chi connectivity index (χ0v) is 10.7. The van der Waals surface area contributed by atoms with E-state index in [1.807, 2.05) is 0 Å². The van der Waals surface area contributed by atoms with Crippen molar-refractivity contribution in [3.05, 3.63) is 0 Å². The molecule has 0 aromatic carbocycles. The monoisotopic (exact) mass is 236 g/mol. The fourth-order valence-corrected chi connectivity index (χ4v) is 3.99. The van der Waals surface area contributed by atoms with Crippen molar-refractivity contribution >= 4 is 5.91 Å². The molecule has 2 saturated heterocycles. The Morgan fingerprint density at radius 2 is 2.06 bits per heavy atom. The number of carbonyl (C=O) groups excluding carboxylic acids is 1. The summed E-state index contributed by atoms with van der Waals surface area (Å²) in [5.74, 6) is 1.36. The molecular weight excluding hydrogens is 212 g/mol. The number of amides is 1. The van der Waals surface area contributed by atoms with Crippen LogP contribution in [0.15, 0.2) is 0 Å². The summed E-state index contributed by atoms with van der Waals surface area (Å²) in [7, 11) is 0. The molecule has 2 aliphatic heterocycles. The van der Waals surface area contributed by atoms with Crippen molar-refractivity contribution in [1.82, 2.24) is 10.6 Å². The first-order valence-corrected chi connectivity index (χ1v) is 7.29. The molecule has 3 nitrogen and oxygen atoms in total. The Morgan fingerprint density at radius 3 is 2.71 bits per heavy atom. The maximum Gasteiger partial charge on any atom is 0.224 e. The molecule has 1 saturated carbocycles. The Bertz CT molecular complexity index is 305. The number of fused-ring (bicyclic) bond motifs is 2. The third-order valence-corrected chi connectivity index (χ3v) is 4.92. The van der Waals surface area contributed by atoms with Crippen LogP contribution in [0, 0.1) is 11.8 Å². The molecule has 2 heterocycles. The van der Waals surface area contributed by atoms with Gasteiger partial charge in [0, 0.05) is 18.1 Å². The maximum atomic E-state index is 12.3. The number of carbonyl (C=O) groups is 1. The van der Waals surface area contributed by atoms with Crippen LogP contribution < -0.4 is 10.6 Å². The fraction of sp³-hybridized carbons (Fsp3) is 0.929. The van der Waals surface area contributed by atoms with Gasteiger partial charge in [-0.25, -0.2) is 0 Å². The molecule has 1 amide bonds. The third kappa shape index (κ3) is 2.35. The molecular formula is C14H24N2O. The highest BCUT2D eigenvalue weighted by Gasteiger charge is 2.43. The SMILES string of the molecule is CC1CCCC(NC(=O)C2CC3CCC2N3)C1. The lowest BCUT2D eigenvalue weighted by Gasteiger charge is -2.29. The number of nitrogens with one attached hydrogen (secondary N) is 2. The van der Waals surface area contributed by atoms with Crippen LogP contribution in [0.25, 0.3) is 0 Å². The van der Waals surface area contributed by atoms with Gasteiger partial charge in [-0.15, -0.1) is 0 Å². The van der Waals surface area contributed by atoms with Gasteiger partial charge in [-0.3, -0.25) is 4.79 Å². The van der Waals surface area contributed by atoms with Gasteiger partial charge in [0.2, 0.25) is 5.91 Å². The van der Waals surface area contributed by atoms with Crippen molar-refractivity contribution in [2.75, 3.05) is 0 Å². The molecule has 0 spiro atoms. The second kappa shape index (κ2) is 4.60. The van der Waals surface area contributed by atoms with E-state index < -0.39 is 0 Å². The van der Waals surface area contributed by atoms with E-state index in [0.29, 0.717) is 24.0 Å². The minimum absolute atomic E-state index is 0.256. The Kier molecular flexibility index (Phi) is 3.12. The second-order valence-corrected chi connectivity index (χ2v) is 6.37. The van der Waals surface area contributed by atoms with Crippen molar-refractivity contribution in [1.29, 1.82) is 0 Å². The van der Waals surface area contributed by atoms with Crippen molar-refractivity contribution in [2.24, 2.45) is 11.8 Å². The number of hydrogen-bond acceptors (Lipinski definition) is 2. The average molecular weight is 236 g/mol. The summed E-state index contributed by atoms with van der Waals surface area (Å²) in [6.45, 7) is 2.30. The molecule has 1 aliphatic carbocycles. The van der Waals surface area contributed by atoms with Gasteiger partial charge in [0.05, 0.1) is 5.92 Å². The predicted octanol–water partition coefficient (Wildman–Crippen LogP) is 1.82. The maximum absolute atomic E-state index is 12.3. The minimum Gasteiger partial charge on any atom is -0.353 e. The summed E-state index contributed by atoms with van der Waals surface area (Å²) in [5, 5.41) is 6.84. The normalized spacial score (nSPS) is 44.9. The van der Waals surface area contributed by atoms with Crippen LogP contribution in [0.2, 0.25) is 0 Å². The van der Waals surface area contributed by atoms with Crippen molar-refractivity contribution < 1.29 is 4.79 Å². The van der Waals surface area contributed by atoms with E-state index >= 15 is 0 Å². The van der Waals surface area contributed by atoms with Gasteiger partial charge in [0.1, 0.15) is 0 Å². The summed E-state index contributed by atoms with van der Waals surface area (Å²) in [5.41, 5.74) is 0. The summed E-state index contributed by atoms with van der Waals surface area (Å²) in [6, 6.07) is 1.55. The van der Waals surface area contributed by atoms with Crippen LogP contribution in [0.3, 0.4) is 0 Å². The van der Waals surface area contributed by atoms with Crippen LogP contribution in [0.4, 0.5) is 0 Å². The van der Waals surface area contributed by atoms with Gasteiger partial charge in [-0.2, -0.15) is 0 Å². The van der Waals surface area contributed by atoms with Crippen LogP contribution in [-0.2, 0) is 4.79 Å². The molecule has 2 N–H and O–H groups in total. The molecule has 5 unspecified atom stereocenters. The van der Waals surface area contributed by atoms with E-state index in [9.17, 15) is 4.79 Å². The molecule has 17 heavy (non-hydrogen) atoms. The van der Waals surface area contributed by atoms with E-state index in [1.54, 1.807) is 0 Å². The number of hydrogen-bond donors (Lipinski definition) is 2. The highest BCUT2D eigenvalue weighted by atomic mass is 16.2. The molecule has 3 fully saturated rings. The molecule has 0 aromatic rings. The highest BCUT2D eigenvalue weighted by Crippen LogP contribution is 2.33. The van der Waals surface area contributed by atoms with Gasteiger partial charge in [0.25, 0.3) is 0 Å². The van der Waals surface area contributed by atoms with E-state index in [4.69, 9.17) is 0 Å². The quantitative estimate of drug-likeness (QED) is 0.768. The Hall–Kier alpha value is -0.570. The summed E-state index contributed by atoms with van der Waals surface area (Å²) < 4.78 is 0. The first-order chi connectivity index (χ1) is 8.22. The van der Waals surface area contributed by atoms with Gasteiger partial charge >= 0.3 is 0 Å². The first-order valence-electron chi connectivity index (χ1n) is 7.29. The molecule has 96 valence electrons. The summed E-state index contributed by atoms with van der Waals surface area (Å²) >= 11 is 0. The smallest absolute Gasteiger partial charge is 0.224 e. The van der Waals surface area contributed by atoms with Crippen molar-refractivity contribution in [3.8, 4) is 0 Å². The topological polar surface area (TPSA) is 41.1 Å². The molecule has 2 bridgehead atoms. The lowest BCUT2D eigenvalue weighted by Crippen LogP contribution is -2.44. The Morgan fingerprint density at radius 1 is 1.18 bits per heavy atom. The minimum atomic E-state index is 0.256. The number of rotatable bonds is 2. The zero-order chi connectivity index (χ0) is 11.8. The molecule has 0 radical (unpaired) electrons. The van der Waals surface area contributed by atoms with Crippen molar-refractivity contribution in [2.45, 2.75) is 70.0 Å². The standard InChI is InChI=1S/C14H24N2O/c1-9-3-2-4-10(7-9)16-14(17)12-8-11-5-6-13(12)15-11/h9-13,15H,2-8H2,1H3,(H,16,17). The zero-order valence-electron chi connectivity index (χ0n) is 10.7. The Balaban J connectivity index is 1.53. The molecule has 5 atom stereocenters. The highest BCUT2D eigenvalue weighted by molar-refractivity contribution is 5.80.